The van der Waals surface area contributed by atoms with Crippen LogP contribution in [0, 0.1) is 13.8 Å². The van der Waals surface area contributed by atoms with E-state index in [0.717, 1.165) is 12.0 Å². The van der Waals surface area contributed by atoms with Crippen LogP contribution in [0.4, 0.5) is 5.82 Å². The minimum atomic E-state index is 0.512. The number of ether oxygens (including phenoxy) is 1. The summed E-state index contributed by atoms with van der Waals surface area (Å²) in [6, 6.07) is 0. The lowest BCUT2D eigenvalue weighted by molar-refractivity contribution is 0.290. The highest BCUT2D eigenvalue weighted by Gasteiger charge is 2.07. The van der Waals surface area contributed by atoms with Crippen LogP contribution in [0.15, 0.2) is 0 Å². The molecule has 0 aliphatic heterocycles. The van der Waals surface area contributed by atoms with Crippen LogP contribution in [0.2, 0.25) is 0 Å². The number of hydrogen-bond acceptors (Lipinski definition) is 4. The number of hydrogen-bond donors (Lipinski definition) is 1. The first kappa shape index (κ1) is 13.7. The molecule has 0 unspecified atom stereocenters. The molecule has 2 N–H and O–H groups in total. The second-order valence-corrected chi connectivity index (χ2v) is 4.35. The van der Waals surface area contributed by atoms with Crippen molar-refractivity contribution in [3.05, 3.63) is 11.4 Å². The number of nitrogens with two attached hydrogens (primary N) is 1. The van der Waals surface area contributed by atoms with Crippen LogP contribution in [-0.2, 0) is 0 Å². The van der Waals surface area contributed by atoms with E-state index in [1.54, 1.807) is 0 Å². The Bertz CT molecular complexity index is 353. The minimum Gasteiger partial charge on any atom is -0.477 e. The molecule has 4 nitrogen and oxygen atoms in total. The Balaban J connectivity index is 2.36. The summed E-state index contributed by atoms with van der Waals surface area (Å²) >= 11 is 0. The van der Waals surface area contributed by atoms with E-state index in [1.165, 1.54) is 25.7 Å². The highest BCUT2D eigenvalue weighted by molar-refractivity contribution is 5.44. The molecule has 4 heteroatoms. The van der Waals surface area contributed by atoms with Gasteiger partial charge in [0.1, 0.15) is 11.6 Å². The van der Waals surface area contributed by atoms with Crippen molar-refractivity contribution in [1.82, 2.24) is 9.97 Å². The first-order valence-electron chi connectivity index (χ1n) is 6.38. The number of nitrogens with zero attached hydrogens (tertiary/aromatic N) is 2. The molecular weight excluding hydrogens is 214 g/mol. The number of aromatic nitrogens is 2. The van der Waals surface area contributed by atoms with E-state index in [0.29, 0.717) is 24.1 Å². The Morgan fingerprint density at radius 3 is 2.47 bits per heavy atom. The van der Waals surface area contributed by atoms with E-state index in [2.05, 4.69) is 16.9 Å². The van der Waals surface area contributed by atoms with Crippen molar-refractivity contribution in [3.63, 3.8) is 0 Å². The molecule has 0 aliphatic carbocycles. The Morgan fingerprint density at radius 1 is 1.06 bits per heavy atom. The SMILES string of the molecule is CCCCCCCOc1nc(C)nc(N)c1C. The number of nitrogen functional groups attached to an aromatic ring is 1. The molecule has 0 spiro atoms. The fraction of sp³-hybridized carbons (Fsp3) is 0.692. The van der Waals surface area contributed by atoms with Crippen LogP contribution in [0.3, 0.4) is 0 Å². The van der Waals surface area contributed by atoms with Gasteiger partial charge in [-0.1, -0.05) is 32.6 Å². The van der Waals surface area contributed by atoms with Gasteiger partial charge in [0.25, 0.3) is 0 Å². The van der Waals surface area contributed by atoms with Gasteiger partial charge in [-0.05, 0) is 20.3 Å². The highest BCUT2D eigenvalue weighted by Crippen LogP contribution is 2.19. The van der Waals surface area contributed by atoms with Crippen LogP contribution in [-0.4, -0.2) is 16.6 Å². The zero-order valence-corrected chi connectivity index (χ0v) is 11.1. The van der Waals surface area contributed by atoms with Gasteiger partial charge in [0.2, 0.25) is 5.88 Å². The Hall–Kier alpha value is -1.32. The smallest absolute Gasteiger partial charge is 0.221 e. The average molecular weight is 237 g/mol. The molecule has 0 aliphatic rings. The standard InChI is InChI=1S/C13H23N3O/c1-4-5-6-7-8-9-17-13-10(2)12(14)15-11(3)16-13/h4-9H2,1-3H3,(H2,14,15,16). The van der Waals surface area contributed by atoms with E-state index in [4.69, 9.17) is 10.5 Å². The Kier molecular flexibility index (Phi) is 5.73. The number of anilines is 1. The maximum absolute atomic E-state index is 5.76. The summed E-state index contributed by atoms with van der Waals surface area (Å²) < 4.78 is 5.65. The quantitative estimate of drug-likeness (QED) is 0.740. The Morgan fingerprint density at radius 2 is 1.76 bits per heavy atom. The fourth-order valence-electron chi connectivity index (χ4n) is 1.64. The van der Waals surface area contributed by atoms with Crippen molar-refractivity contribution >= 4 is 5.82 Å². The van der Waals surface area contributed by atoms with E-state index in [-0.39, 0.29) is 0 Å². The summed E-state index contributed by atoms with van der Waals surface area (Å²) in [6.07, 6.45) is 6.14. The van der Waals surface area contributed by atoms with Gasteiger partial charge in [-0.25, -0.2) is 4.98 Å². The summed E-state index contributed by atoms with van der Waals surface area (Å²) in [6.45, 7) is 6.64. The molecule has 0 fully saturated rings. The first-order chi connectivity index (χ1) is 8.15. The van der Waals surface area contributed by atoms with Crippen molar-refractivity contribution in [2.45, 2.75) is 52.9 Å². The summed E-state index contributed by atoms with van der Waals surface area (Å²) in [5.74, 6) is 1.80. The van der Waals surface area contributed by atoms with Gasteiger partial charge in [0, 0.05) is 0 Å². The van der Waals surface area contributed by atoms with Crippen LogP contribution < -0.4 is 10.5 Å². The predicted octanol–water partition coefficient (Wildman–Crippen LogP) is 3.02. The second-order valence-electron chi connectivity index (χ2n) is 4.35. The molecule has 0 amide bonds. The first-order valence-corrected chi connectivity index (χ1v) is 6.38. The van der Waals surface area contributed by atoms with Crippen molar-refractivity contribution in [3.8, 4) is 5.88 Å². The van der Waals surface area contributed by atoms with E-state index in [9.17, 15) is 0 Å². The zero-order valence-electron chi connectivity index (χ0n) is 11.1. The molecule has 17 heavy (non-hydrogen) atoms. The van der Waals surface area contributed by atoms with Gasteiger partial charge < -0.3 is 10.5 Å². The number of aryl methyl sites for hydroxylation is 1. The molecule has 0 bridgehead atoms. The van der Waals surface area contributed by atoms with Gasteiger partial charge in [0.15, 0.2) is 0 Å². The van der Waals surface area contributed by atoms with Gasteiger partial charge >= 0.3 is 0 Å². The molecule has 0 saturated carbocycles. The van der Waals surface area contributed by atoms with Gasteiger partial charge in [0.05, 0.1) is 12.2 Å². The van der Waals surface area contributed by atoms with Crippen LogP contribution in [0.5, 0.6) is 5.88 Å². The van der Waals surface area contributed by atoms with Crippen LogP contribution in [0.25, 0.3) is 0 Å². The van der Waals surface area contributed by atoms with Gasteiger partial charge in [-0.3, -0.25) is 0 Å². The van der Waals surface area contributed by atoms with E-state index in [1.807, 2.05) is 13.8 Å². The maximum atomic E-state index is 5.76. The topological polar surface area (TPSA) is 61.0 Å². The molecular formula is C13H23N3O. The van der Waals surface area contributed by atoms with Crippen molar-refractivity contribution in [2.24, 2.45) is 0 Å². The summed E-state index contributed by atoms with van der Waals surface area (Å²) in [7, 11) is 0. The normalized spacial score (nSPS) is 10.5. The maximum Gasteiger partial charge on any atom is 0.221 e. The number of rotatable bonds is 7. The monoisotopic (exact) mass is 237 g/mol. The van der Waals surface area contributed by atoms with E-state index >= 15 is 0 Å². The minimum absolute atomic E-state index is 0.512. The van der Waals surface area contributed by atoms with Crippen molar-refractivity contribution < 1.29 is 4.74 Å². The fourth-order valence-corrected chi connectivity index (χ4v) is 1.64. The van der Waals surface area contributed by atoms with Gasteiger partial charge in [-0.2, -0.15) is 4.98 Å². The number of unbranched alkanes of at least 4 members (excludes halogenated alkanes) is 4. The lowest BCUT2D eigenvalue weighted by atomic mass is 10.2. The molecule has 1 aromatic rings. The summed E-state index contributed by atoms with van der Waals surface area (Å²) in [4.78, 5) is 8.34. The highest BCUT2D eigenvalue weighted by atomic mass is 16.5. The largest absolute Gasteiger partial charge is 0.477 e. The molecule has 1 rings (SSSR count). The molecule has 0 atom stereocenters. The van der Waals surface area contributed by atoms with Crippen molar-refractivity contribution in [1.29, 1.82) is 0 Å². The molecule has 0 radical (unpaired) electrons. The molecule has 96 valence electrons. The third-order valence-corrected chi connectivity index (χ3v) is 2.74. The lowest BCUT2D eigenvalue weighted by Crippen LogP contribution is -2.06. The summed E-state index contributed by atoms with van der Waals surface area (Å²) in [5.41, 5.74) is 6.60. The molecule has 1 aromatic heterocycles. The third kappa shape index (κ3) is 4.59. The molecule has 0 aromatic carbocycles. The third-order valence-electron chi connectivity index (χ3n) is 2.74. The van der Waals surface area contributed by atoms with Crippen LogP contribution >= 0.6 is 0 Å². The summed E-state index contributed by atoms with van der Waals surface area (Å²) in [5, 5.41) is 0. The predicted molar refractivity (Wildman–Crippen MR) is 70.2 cm³/mol. The van der Waals surface area contributed by atoms with Gasteiger partial charge in [-0.15, -0.1) is 0 Å². The Labute approximate surface area is 104 Å². The second kappa shape index (κ2) is 7.09. The molecule has 1 heterocycles. The zero-order chi connectivity index (χ0) is 12.7. The molecule has 0 saturated heterocycles. The average Bonchev–Trinajstić information content (AvgIpc) is 2.29. The van der Waals surface area contributed by atoms with Crippen molar-refractivity contribution in [2.75, 3.05) is 12.3 Å². The van der Waals surface area contributed by atoms with Crippen LogP contribution in [0.1, 0.15) is 50.4 Å². The lowest BCUT2D eigenvalue weighted by Gasteiger charge is -2.09. The van der Waals surface area contributed by atoms with E-state index < -0.39 is 0 Å².